The summed E-state index contributed by atoms with van der Waals surface area (Å²) in [6.45, 7) is 0. The van der Waals surface area contributed by atoms with Crippen LogP contribution >= 0.6 is 44.1 Å². The van der Waals surface area contributed by atoms with Crippen molar-refractivity contribution in [2.45, 2.75) is 4.90 Å². The molecule has 0 heterocycles. The van der Waals surface area contributed by atoms with E-state index in [1.165, 1.54) is 12.1 Å². The predicted octanol–water partition coefficient (Wildman–Crippen LogP) is 3.65. The average molecular weight is 450 g/mol. The Morgan fingerprint density at radius 2 is 1.76 bits per heavy atom. The lowest BCUT2D eigenvalue weighted by Crippen LogP contribution is -2.18. The van der Waals surface area contributed by atoms with Crippen LogP contribution < -0.4 is 10.5 Å². The van der Waals surface area contributed by atoms with Gasteiger partial charge in [0.05, 0.1) is 10.6 Å². The van der Waals surface area contributed by atoms with Gasteiger partial charge in [-0.2, -0.15) is 0 Å². The minimum absolute atomic E-state index is 0.120. The maximum atomic E-state index is 12.4. The molecule has 0 aromatic heterocycles. The third-order valence-corrected chi connectivity index (χ3v) is 5.17. The number of anilines is 1. The molecular weight excluding hydrogens is 440 g/mol. The molecule has 21 heavy (non-hydrogen) atoms. The van der Waals surface area contributed by atoms with Gasteiger partial charge in [0.2, 0.25) is 0 Å². The van der Waals surface area contributed by atoms with E-state index in [1.54, 1.807) is 30.3 Å². The number of benzene rings is 2. The number of nitrogens with two attached hydrogens (primary N) is 1. The van der Waals surface area contributed by atoms with E-state index in [9.17, 15) is 8.42 Å². The number of sulfonamides is 1. The number of thiocarbonyl (C=S) groups is 1. The highest BCUT2D eigenvalue weighted by atomic mass is 79.9. The van der Waals surface area contributed by atoms with Crippen LogP contribution in [-0.2, 0) is 10.0 Å². The Labute approximate surface area is 145 Å². The molecule has 0 saturated heterocycles. The standard InChI is InChI=1S/C13H10Br2N2O2S2/c14-8-2-1-3-10(6-8)21(18,19)17-12-7-9(15)4-5-11(12)13(16)20/h1-7,17H,(H2,16,20). The van der Waals surface area contributed by atoms with Gasteiger partial charge in [-0.15, -0.1) is 0 Å². The number of hydrogen-bond acceptors (Lipinski definition) is 3. The van der Waals surface area contributed by atoms with Gasteiger partial charge in [-0.3, -0.25) is 4.72 Å². The van der Waals surface area contributed by atoms with Crippen LogP contribution in [0.3, 0.4) is 0 Å². The highest BCUT2D eigenvalue weighted by Crippen LogP contribution is 2.25. The molecule has 3 N–H and O–H groups in total. The Balaban J connectivity index is 2.46. The van der Waals surface area contributed by atoms with Gasteiger partial charge in [-0.25, -0.2) is 8.42 Å². The van der Waals surface area contributed by atoms with Gasteiger partial charge in [0.15, 0.2) is 0 Å². The second kappa shape index (κ2) is 6.43. The van der Waals surface area contributed by atoms with E-state index in [4.69, 9.17) is 18.0 Å². The van der Waals surface area contributed by atoms with Crippen molar-refractivity contribution in [2.24, 2.45) is 5.73 Å². The Morgan fingerprint density at radius 3 is 2.38 bits per heavy atom. The Bertz CT molecular complexity index is 808. The minimum atomic E-state index is -3.72. The topological polar surface area (TPSA) is 72.2 Å². The summed E-state index contributed by atoms with van der Waals surface area (Å²) in [6, 6.07) is 11.4. The molecule has 0 spiro atoms. The zero-order chi connectivity index (χ0) is 15.6. The van der Waals surface area contributed by atoms with Crippen LogP contribution in [0, 0.1) is 0 Å². The normalized spacial score (nSPS) is 11.1. The van der Waals surface area contributed by atoms with Gasteiger partial charge in [-0.1, -0.05) is 50.1 Å². The van der Waals surface area contributed by atoms with Crippen molar-refractivity contribution in [3.63, 3.8) is 0 Å². The fraction of sp³-hybridized carbons (Fsp3) is 0. The maximum Gasteiger partial charge on any atom is 0.261 e. The van der Waals surface area contributed by atoms with Gasteiger partial charge >= 0.3 is 0 Å². The average Bonchev–Trinajstić information content (AvgIpc) is 2.38. The smallest absolute Gasteiger partial charge is 0.261 e. The molecule has 0 aliphatic rings. The molecule has 0 fully saturated rings. The third kappa shape index (κ3) is 4.03. The lowest BCUT2D eigenvalue weighted by molar-refractivity contribution is 0.601. The third-order valence-electron chi connectivity index (χ3n) is 2.60. The summed E-state index contributed by atoms with van der Waals surface area (Å²) in [5, 5.41) is 0. The lowest BCUT2D eigenvalue weighted by atomic mass is 10.2. The highest BCUT2D eigenvalue weighted by Gasteiger charge is 2.17. The van der Waals surface area contributed by atoms with E-state index >= 15 is 0 Å². The van der Waals surface area contributed by atoms with E-state index in [2.05, 4.69) is 36.6 Å². The molecule has 0 saturated carbocycles. The first-order valence-corrected chi connectivity index (χ1v) is 9.15. The monoisotopic (exact) mass is 448 g/mol. The van der Waals surface area contributed by atoms with Gasteiger partial charge in [0.25, 0.3) is 10.0 Å². The minimum Gasteiger partial charge on any atom is -0.389 e. The van der Waals surface area contributed by atoms with E-state index in [0.29, 0.717) is 15.7 Å². The molecule has 0 radical (unpaired) electrons. The summed E-state index contributed by atoms with van der Waals surface area (Å²) in [5.41, 5.74) is 6.42. The summed E-state index contributed by atoms with van der Waals surface area (Å²) >= 11 is 11.5. The zero-order valence-electron chi connectivity index (χ0n) is 10.5. The summed E-state index contributed by atoms with van der Waals surface area (Å²) in [5.74, 6) is 0. The van der Waals surface area contributed by atoms with Crippen LogP contribution in [0.1, 0.15) is 5.56 Å². The second-order valence-corrected chi connectivity index (χ2v) is 8.07. The summed E-state index contributed by atoms with van der Waals surface area (Å²) in [6.07, 6.45) is 0. The SMILES string of the molecule is NC(=S)c1ccc(Br)cc1NS(=O)(=O)c1cccc(Br)c1. The number of hydrogen-bond donors (Lipinski definition) is 2. The molecule has 0 unspecified atom stereocenters. The van der Waals surface area contributed by atoms with Crippen LogP contribution in [0.15, 0.2) is 56.3 Å². The van der Waals surface area contributed by atoms with Crippen molar-refractivity contribution in [2.75, 3.05) is 4.72 Å². The van der Waals surface area contributed by atoms with Crippen LogP contribution in [-0.4, -0.2) is 13.4 Å². The van der Waals surface area contributed by atoms with Crippen LogP contribution in [0.5, 0.6) is 0 Å². The quantitative estimate of drug-likeness (QED) is 0.698. The summed E-state index contributed by atoms with van der Waals surface area (Å²) in [7, 11) is -3.72. The Morgan fingerprint density at radius 1 is 1.10 bits per heavy atom. The molecule has 0 aliphatic heterocycles. The number of rotatable bonds is 4. The number of halogens is 2. The second-order valence-electron chi connectivity index (χ2n) is 4.12. The molecule has 4 nitrogen and oxygen atoms in total. The van der Waals surface area contributed by atoms with Crippen molar-refractivity contribution >= 4 is 64.8 Å². The van der Waals surface area contributed by atoms with Crippen molar-refractivity contribution < 1.29 is 8.42 Å². The van der Waals surface area contributed by atoms with Crippen molar-refractivity contribution in [3.8, 4) is 0 Å². The first-order valence-electron chi connectivity index (χ1n) is 5.67. The zero-order valence-corrected chi connectivity index (χ0v) is 15.3. The van der Waals surface area contributed by atoms with Crippen molar-refractivity contribution in [1.82, 2.24) is 0 Å². The fourth-order valence-corrected chi connectivity index (χ4v) is 3.86. The van der Waals surface area contributed by atoms with E-state index in [-0.39, 0.29) is 9.88 Å². The van der Waals surface area contributed by atoms with Gasteiger partial charge in [0, 0.05) is 14.5 Å². The largest absolute Gasteiger partial charge is 0.389 e. The van der Waals surface area contributed by atoms with Gasteiger partial charge in [0.1, 0.15) is 4.99 Å². The molecule has 2 aromatic carbocycles. The summed E-state index contributed by atoms with van der Waals surface area (Å²) in [4.78, 5) is 0.264. The highest BCUT2D eigenvalue weighted by molar-refractivity contribution is 9.10. The van der Waals surface area contributed by atoms with Gasteiger partial charge in [-0.05, 0) is 36.4 Å². The Hall–Kier alpha value is -0.960. The maximum absolute atomic E-state index is 12.4. The molecule has 8 heteroatoms. The summed E-state index contributed by atoms with van der Waals surface area (Å²) < 4.78 is 28.7. The molecule has 2 rings (SSSR count). The molecule has 0 amide bonds. The molecule has 110 valence electrons. The number of nitrogens with one attached hydrogen (secondary N) is 1. The molecular formula is C13H10Br2N2O2S2. The first-order chi connectivity index (χ1) is 9.79. The molecule has 2 aromatic rings. The van der Waals surface area contributed by atoms with E-state index in [1.807, 2.05) is 0 Å². The van der Waals surface area contributed by atoms with Crippen molar-refractivity contribution in [3.05, 3.63) is 57.0 Å². The van der Waals surface area contributed by atoms with Crippen LogP contribution in [0.2, 0.25) is 0 Å². The van der Waals surface area contributed by atoms with Crippen molar-refractivity contribution in [1.29, 1.82) is 0 Å². The lowest BCUT2D eigenvalue weighted by Gasteiger charge is -2.12. The molecule has 0 atom stereocenters. The van der Waals surface area contributed by atoms with Crippen LogP contribution in [0.25, 0.3) is 0 Å². The van der Waals surface area contributed by atoms with E-state index < -0.39 is 10.0 Å². The Kier molecular flexibility index (Phi) is 5.03. The van der Waals surface area contributed by atoms with E-state index in [0.717, 1.165) is 4.47 Å². The predicted molar refractivity (Wildman–Crippen MR) is 95.0 cm³/mol. The van der Waals surface area contributed by atoms with Gasteiger partial charge < -0.3 is 5.73 Å². The molecule has 0 bridgehead atoms. The fourth-order valence-electron chi connectivity index (χ4n) is 1.65. The molecule has 0 aliphatic carbocycles. The first kappa shape index (κ1) is 16.4. The van der Waals surface area contributed by atoms with Crippen LogP contribution in [0.4, 0.5) is 5.69 Å².